The maximum Gasteiger partial charge on any atom is 0.252 e. The summed E-state index contributed by atoms with van der Waals surface area (Å²) in [6.45, 7) is 4.84. The standard InChI is InChI=1S/C20H25BrN2O3S2/c1-3-15-4-6-16(7-5-15)14(2)22-20(24)17-10-12-23(13-11-17)28(25,26)19-9-8-18(21)27-19/h4-9,14,17H,3,10-13H2,1-2H3,(H,22,24). The van der Waals surface area contributed by atoms with Crippen LogP contribution in [0.3, 0.4) is 0 Å². The molecule has 152 valence electrons. The number of benzene rings is 1. The zero-order valence-corrected chi connectivity index (χ0v) is 19.2. The molecule has 0 saturated carbocycles. The van der Waals surface area contributed by atoms with Gasteiger partial charge in [0.15, 0.2) is 0 Å². The summed E-state index contributed by atoms with van der Waals surface area (Å²) in [4.78, 5) is 12.7. The third-order valence-corrected chi connectivity index (χ3v) is 9.20. The number of carbonyl (C=O) groups is 1. The highest BCUT2D eigenvalue weighted by Gasteiger charge is 2.33. The van der Waals surface area contributed by atoms with Gasteiger partial charge in [-0.2, -0.15) is 4.31 Å². The average molecular weight is 485 g/mol. The van der Waals surface area contributed by atoms with Gasteiger partial charge in [0.1, 0.15) is 4.21 Å². The highest BCUT2D eigenvalue weighted by Crippen LogP contribution is 2.31. The Morgan fingerprint density at radius 1 is 1.21 bits per heavy atom. The Kier molecular flexibility index (Phi) is 6.96. The van der Waals surface area contributed by atoms with Crippen LogP contribution < -0.4 is 5.32 Å². The van der Waals surface area contributed by atoms with Gasteiger partial charge < -0.3 is 5.32 Å². The molecule has 28 heavy (non-hydrogen) atoms. The molecule has 1 N–H and O–H groups in total. The van der Waals surface area contributed by atoms with Crippen LogP contribution >= 0.6 is 27.3 Å². The van der Waals surface area contributed by atoms with Crippen molar-refractivity contribution in [1.29, 1.82) is 0 Å². The van der Waals surface area contributed by atoms with Crippen molar-refractivity contribution in [3.63, 3.8) is 0 Å². The van der Waals surface area contributed by atoms with Gasteiger partial charge in [-0.25, -0.2) is 8.42 Å². The lowest BCUT2D eigenvalue weighted by Crippen LogP contribution is -2.43. The topological polar surface area (TPSA) is 66.5 Å². The van der Waals surface area contributed by atoms with E-state index >= 15 is 0 Å². The van der Waals surface area contributed by atoms with Crippen LogP contribution in [0, 0.1) is 5.92 Å². The first kappa shape index (κ1) is 21.5. The van der Waals surface area contributed by atoms with Gasteiger partial charge in [0, 0.05) is 19.0 Å². The molecule has 1 atom stereocenters. The summed E-state index contributed by atoms with van der Waals surface area (Å²) in [7, 11) is -3.47. The molecule has 0 bridgehead atoms. The fraction of sp³-hybridized carbons (Fsp3) is 0.450. The first-order valence-corrected chi connectivity index (χ1v) is 12.5. The minimum atomic E-state index is -3.47. The Morgan fingerprint density at radius 2 is 1.86 bits per heavy atom. The summed E-state index contributed by atoms with van der Waals surface area (Å²) in [6, 6.07) is 11.6. The summed E-state index contributed by atoms with van der Waals surface area (Å²) >= 11 is 4.52. The second-order valence-electron chi connectivity index (χ2n) is 7.06. The molecule has 1 fully saturated rings. The molecule has 1 unspecified atom stereocenters. The number of piperidine rings is 1. The van der Waals surface area contributed by atoms with Crippen LogP contribution in [0.1, 0.15) is 43.9 Å². The first-order valence-electron chi connectivity index (χ1n) is 9.46. The van der Waals surface area contributed by atoms with Crippen molar-refractivity contribution in [2.45, 2.75) is 43.4 Å². The number of nitrogens with zero attached hydrogens (tertiary/aromatic N) is 1. The Labute approximate surface area is 179 Å². The van der Waals surface area contributed by atoms with E-state index in [1.807, 2.05) is 6.92 Å². The number of rotatable bonds is 6. The van der Waals surface area contributed by atoms with E-state index in [1.54, 1.807) is 12.1 Å². The summed E-state index contributed by atoms with van der Waals surface area (Å²) < 4.78 is 28.0. The summed E-state index contributed by atoms with van der Waals surface area (Å²) in [5, 5.41) is 3.08. The van der Waals surface area contributed by atoms with Gasteiger partial charge in [0.25, 0.3) is 10.0 Å². The summed E-state index contributed by atoms with van der Waals surface area (Å²) in [6.07, 6.45) is 2.07. The van der Waals surface area contributed by atoms with Crippen LogP contribution in [0.15, 0.2) is 44.4 Å². The van der Waals surface area contributed by atoms with Gasteiger partial charge in [-0.05, 0) is 65.4 Å². The van der Waals surface area contributed by atoms with E-state index in [1.165, 1.54) is 21.2 Å². The monoisotopic (exact) mass is 484 g/mol. The molecule has 0 spiro atoms. The number of hydrogen-bond donors (Lipinski definition) is 1. The number of aryl methyl sites for hydroxylation is 1. The maximum absolute atomic E-state index is 12.7. The number of nitrogens with one attached hydrogen (secondary N) is 1. The molecule has 2 aromatic rings. The smallest absolute Gasteiger partial charge is 0.252 e. The molecular weight excluding hydrogens is 460 g/mol. The number of hydrogen-bond acceptors (Lipinski definition) is 4. The van der Waals surface area contributed by atoms with Gasteiger partial charge in [-0.15, -0.1) is 11.3 Å². The lowest BCUT2D eigenvalue weighted by Gasteiger charge is -2.30. The zero-order chi connectivity index (χ0) is 20.3. The Bertz CT molecular complexity index is 917. The lowest BCUT2D eigenvalue weighted by molar-refractivity contribution is -0.126. The van der Waals surface area contributed by atoms with E-state index in [4.69, 9.17) is 0 Å². The van der Waals surface area contributed by atoms with Crippen molar-refractivity contribution in [3.8, 4) is 0 Å². The first-order chi connectivity index (χ1) is 13.3. The van der Waals surface area contributed by atoms with Crippen LogP contribution in [-0.2, 0) is 21.2 Å². The molecule has 1 amide bonds. The largest absolute Gasteiger partial charge is 0.349 e. The minimum absolute atomic E-state index is 0.00276. The van der Waals surface area contributed by atoms with E-state index in [0.29, 0.717) is 30.1 Å². The zero-order valence-electron chi connectivity index (χ0n) is 16.0. The van der Waals surface area contributed by atoms with Crippen LogP contribution in [0.4, 0.5) is 0 Å². The SMILES string of the molecule is CCc1ccc(C(C)NC(=O)C2CCN(S(=O)(=O)c3ccc(Br)s3)CC2)cc1. The predicted molar refractivity (Wildman–Crippen MR) is 116 cm³/mol. The van der Waals surface area contributed by atoms with Crippen molar-refractivity contribution >= 4 is 43.2 Å². The number of thiophene rings is 1. The Balaban J connectivity index is 1.56. The summed E-state index contributed by atoms with van der Waals surface area (Å²) in [5.41, 5.74) is 2.35. The van der Waals surface area contributed by atoms with Crippen LogP contribution in [-0.4, -0.2) is 31.7 Å². The van der Waals surface area contributed by atoms with Crippen molar-refractivity contribution in [2.24, 2.45) is 5.92 Å². The quantitative estimate of drug-likeness (QED) is 0.662. The molecule has 0 aliphatic carbocycles. The molecular formula is C20H25BrN2O3S2. The highest BCUT2D eigenvalue weighted by molar-refractivity contribution is 9.11. The fourth-order valence-electron chi connectivity index (χ4n) is 3.38. The molecule has 1 saturated heterocycles. The molecule has 1 aliphatic rings. The van der Waals surface area contributed by atoms with E-state index in [-0.39, 0.29) is 17.9 Å². The molecule has 1 aromatic carbocycles. The number of halogens is 1. The van der Waals surface area contributed by atoms with Crippen LogP contribution in [0.5, 0.6) is 0 Å². The van der Waals surface area contributed by atoms with Gasteiger partial charge in [0.05, 0.1) is 9.83 Å². The van der Waals surface area contributed by atoms with Crippen LogP contribution in [0.25, 0.3) is 0 Å². The van der Waals surface area contributed by atoms with E-state index in [0.717, 1.165) is 15.8 Å². The highest BCUT2D eigenvalue weighted by atomic mass is 79.9. The second-order valence-corrected chi connectivity index (χ2v) is 11.7. The van der Waals surface area contributed by atoms with Crippen molar-refractivity contribution in [3.05, 3.63) is 51.3 Å². The van der Waals surface area contributed by atoms with Crippen LogP contribution in [0.2, 0.25) is 0 Å². The van der Waals surface area contributed by atoms with Gasteiger partial charge >= 0.3 is 0 Å². The molecule has 3 rings (SSSR count). The minimum Gasteiger partial charge on any atom is -0.349 e. The predicted octanol–water partition coefficient (Wildman–Crippen LogP) is 4.35. The summed E-state index contributed by atoms with van der Waals surface area (Å²) in [5.74, 6) is -0.151. The van der Waals surface area contributed by atoms with E-state index < -0.39 is 10.0 Å². The molecule has 5 nitrogen and oxygen atoms in total. The second kappa shape index (κ2) is 9.07. The number of sulfonamides is 1. The molecule has 0 radical (unpaired) electrons. The Morgan fingerprint density at radius 3 is 2.39 bits per heavy atom. The molecule has 1 aliphatic heterocycles. The number of carbonyl (C=O) groups excluding carboxylic acids is 1. The van der Waals surface area contributed by atoms with Gasteiger partial charge in [0.2, 0.25) is 5.91 Å². The maximum atomic E-state index is 12.7. The third kappa shape index (κ3) is 4.84. The fourth-order valence-corrected chi connectivity index (χ4v) is 7.01. The van der Waals surface area contributed by atoms with Crippen molar-refractivity contribution in [2.75, 3.05) is 13.1 Å². The average Bonchev–Trinajstić information content (AvgIpc) is 3.15. The Hall–Kier alpha value is -1.22. The normalized spacial score (nSPS) is 17.4. The van der Waals surface area contributed by atoms with Crippen molar-refractivity contribution < 1.29 is 13.2 Å². The lowest BCUT2D eigenvalue weighted by atomic mass is 9.96. The van der Waals surface area contributed by atoms with Crippen molar-refractivity contribution in [1.82, 2.24) is 9.62 Å². The molecule has 8 heteroatoms. The molecule has 1 aromatic heterocycles. The number of amides is 1. The van der Waals surface area contributed by atoms with E-state index in [2.05, 4.69) is 52.4 Å². The van der Waals surface area contributed by atoms with E-state index in [9.17, 15) is 13.2 Å². The molecule has 2 heterocycles. The third-order valence-electron chi connectivity index (χ3n) is 5.21. The van der Waals surface area contributed by atoms with Gasteiger partial charge in [-0.3, -0.25) is 4.79 Å². The van der Waals surface area contributed by atoms with Gasteiger partial charge in [-0.1, -0.05) is 31.2 Å².